The summed E-state index contributed by atoms with van der Waals surface area (Å²) in [5.74, 6) is -0.917. The van der Waals surface area contributed by atoms with Gasteiger partial charge in [0.15, 0.2) is 6.10 Å². The quantitative estimate of drug-likeness (QED) is 0.0261. The van der Waals surface area contributed by atoms with Crippen molar-refractivity contribution in [1.29, 1.82) is 0 Å². The maximum atomic E-state index is 12.9. The first-order valence-corrected chi connectivity index (χ1v) is 33.2. The molecule has 0 N–H and O–H groups in total. The Morgan fingerprint density at radius 3 is 0.812 bits per heavy atom. The first-order chi connectivity index (χ1) is 39.5. The molecular formula is C74H122O6. The number of allylic oxidation sites excluding steroid dienone is 22. The number of esters is 3. The fourth-order valence-electron chi connectivity index (χ4n) is 8.89. The predicted molar refractivity (Wildman–Crippen MR) is 348 cm³/mol. The van der Waals surface area contributed by atoms with Crippen LogP contribution < -0.4 is 0 Å². The number of unbranched alkanes of at least 4 members (excludes halogenated alkanes) is 26. The second kappa shape index (κ2) is 67.1. The van der Waals surface area contributed by atoms with E-state index >= 15 is 0 Å². The highest BCUT2D eigenvalue weighted by Crippen LogP contribution is 2.16. The van der Waals surface area contributed by atoms with Gasteiger partial charge in [-0.1, -0.05) is 283 Å². The Bertz CT molecular complexity index is 1700. The summed E-state index contributed by atoms with van der Waals surface area (Å²) in [5.41, 5.74) is 0. The summed E-state index contributed by atoms with van der Waals surface area (Å²) in [4.78, 5) is 38.2. The van der Waals surface area contributed by atoms with E-state index in [-0.39, 0.29) is 31.1 Å². The van der Waals surface area contributed by atoms with Crippen molar-refractivity contribution in [3.63, 3.8) is 0 Å². The van der Waals surface area contributed by atoms with Gasteiger partial charge in [-0.05, 0) is 128 Å². The molecule has 1 unspecified atom stereocenters. The molecule has 0 aliphatic rings. The van der Waals surface area contributed by atoms with Gasteiger partial charge < -0.3 is 14.2 Å². The highest BCUT2D eigenvalue weighted by molar-refractivity contribution is 5.71. The minimum atomic E-state index is -0.795. The minimum absolute atomic E-state index is 0.0902. The monoisotopic (exact) mass is 1110 g/mol. The van der Waals surface area contributed by atoms with E-state index in [9.17, 15) is 14.4 Å². The van der Waals surface area contributed by atoms with E-state index in [4.69, 9.17) is 14.2 Å². The fourth-order valence-corrected chi connectivity index (χ4v) is 8.89. The summed E-state index contributed by atoms with van der Waals surface area (Å²) in [6, 6.07) is 0. The third-order valence-electron chi connectivity index (χ3n) is 13.8. The molecule has 6 nitrogen and oxygen atoms in total. The van der Waals surface area contributed by atoms with Gasteiger partial charge in [-0.25, -0.2) is 0 Å². The molecule has 0 aromatic heterocycles. The van der Waals surface area contributed by atoms with E-state index in [0.29, 0.717) is 19.3 Å². The van der Waals surface area contributed by atoms with Gasteiger partial charge in [-0.15, -0.1) is 0 Å². The SMILES string of the molecule is CC/C=C\C/C=C\C/C=C\C/C=C\C/C=C\C/C=C\C/C=C\CCCCCCCCCCCCCCCC(=O)OCC(COC(=O)CCCCCCC/C=C\C/C=C\CCC)OC(=O)CCCCCCC/C=C\C/C=C\CCCC. The molecular weight excluding hydrogens is 985 g/mol. The first kappa shape index (κ1) is 75.5. The Kier molecular flexibility index (Phi) is 63.3. The third kappa shape index (κ3) is 64.4. The van der Waals surface area contributed by atoms with Crippen molar-refractivity contribution in [3.8, 4) is 0 Å². The van der Waals surface area contributed by atoms with Crippen LogP contribution in [0.5, 0.6) is 0 Å². The Morgan fingerprint density at radius 1 is 0.263 bits per heavy atom. The van der Waals surface area contributed by atoms with Crippen LogP contribution >= 0.6 is 0 Å². The fraction of sp³-hybridized carbons (Fsp3) is 0.662. The smallest absolute Gasteiger partial charge is 0.306 e. The zero-order chi connectivity index (χ0) is 57.8. The molecule has 0 aliphatic carbocycles. The van der Waals surface area contributed by atoms with Crippen LogP contribution in [-0.4, -0.2) is 37.2 Å². The highest BCUT2D eigenvalue weighted by atomic mass is 16.6. The zero-order valence-corrected chi connectivity index (χ0v) is 52.0. The maximum absolute atomic E-state index is 12.9. The van der Waals surface area contributed by atoms with Crippen LogP contribution in [0.25, 0.3) is 0 Å². The second-order valence-corrected chi connectivity index (χ2v) is 21.6. The van der Waals surface area contributed by atoms with Gasteiger partial charge in [0.1, 0.15) is 13.2 Å². The van der Waals surface area contributed by atoms with Gasteiger partial charge in [0.05, 0.1) is 0 Å². The van der Waals surface area contributed by atoms with Gasteiger partial charge in [-0.3, -0.25) is 14.4 Å². The molecule has 0 amide bonds. The lowest BCUT2D eigenvalue weighted by atomic mass is 10.0. The molecule has 0 fully saturated rings. The van der Waals surface area contributed by atoms with Crippen LogP contribution in [0.4, 0.5) is 0 Å². The first-order valence-electron chi connectivity index (χ1n) is 33.2. The van der Waals surface area contributed by atoms with Crippen molar-refractivity contribution in [3.05, 3.63) is 134 Å². The summed E-state index contributed by atoms with van der Waals surface area (Å²) in [5, 5.41) is 0. The van der Waals surface area contributed by atoms with Crippen molar-refractivity contribution in [1.82, 2.24) is 0 Å². The predicted octanol–water partition coefficient (Wildman–Crippen LogP) is 22.9. The van der Waals surface area contributed by atoms with Crippen LogP contribution in [0.2, 0.25) is 0 Å². The van der Waals surface area contributed by atoms with Crippen LogP contribution in [0.1, 0.15) is 297 Å². The largest absolute Gasteiger partial charge is 0.462 e. The lowest BCUT2D eigenvalue weighted by molar-refractivity contribution is -0.167. The van der Waals surface area contributed by atoms with E-state index in [1.165, 1.54) is 96.3 Å². The highest BCUT2D eigenvalue weighted by Gasteiger charge is 2.19. The Morgan fingerprint density at radius 2 is 0.512 bits per heavy atom. The number of carbonyl (C=O) groups excluding carboxylic acids is 3. The Labute approximate surface area is 494 Å². The standard InChI is InChI=1S/C74H122O6/c1-4-7-10-13-16-19-22-25-27-28-29-30-31-32-33-34-35-36-37-38-39-40-41-42-43-44-45-46-47-50-52-55-58-61-64-67-73(76)79-70-71(69-78-72(75)66-63-60-57-54-51-48-24-21-18-15-12-9-6-3)80-74(77)68-65-62-59-56-53-49-26-23-20-17-14-11-8-5-2/h7,10,12,14-17,19,21,23-27,29-30,32-33,35-36,38-39,71H,4-6,8-9,11,13,18,20,22,28,31,34,37,40-70H2,1-3H3/b10-7-,15-12-,17-14-,19-16-,24-21-,26-23-,27-25-,30-29-,33-32-,36-35-,39-38-. The molecule has 0 aromatic rings. The molecule has 0 aromatic carbocycles. The van der Waals surface area contributed by atoms with E-state index in [2.05, 4.69) is 154 Å². The van der Waals surface area contributed by atoms with Gasteiger partial charge in [0.25, 0.3) is 0 Å². The van der Waals surface area contributed by atoms with Crippen LogP contribution in [0, 0.1) is 0 Å². The molecule has 0 saturated heterocycles. The van der Waals surface area contributed by atoms with E-state index < -0.39 is 6.10 Å². The molecule has 0 heterocycles. The summed E-state index contributed by atoms with van der Waals surface area (Å²) >= 11 is 0. The van der Waals surface area contributed by atoms with Gasteiger partial charge in [-0.2, -0.15) is 0 Å². The van der Waals surface area contributed by atoms with Crippen molar-refractivity contribution in [2.75, 3.05) is 13.2 Å². The molecule has 0 aliphatic heterocycles. The number of carbonyl (C=O) groups is 3. The molecule has 0 bridgehead atoms. The maximum Gasteiger partial charge on any atom is 0.306 e. The van der Waals surface area contributed by atoms with Crippen molar-refractivity contribution in [2.24, 2.45) is 0 Å². The molecule has 6 heteroatoms. The molecule has 0 rings (SSSR count). The lowest BCUT2D eigenvalue weighted by Crippen LogP contribution is -2.30. The second-order valence-electron chi connectivity index (χ2n) is 21.6. The number of hydrogen-bond donors (Lipinski definition) is 0. The number of hydrogen-bond acceptors (Lipinski definition) is 6. The Balaban J connectivity index is 4.18. The number of ether oxygens (including phenoxy) is 3. The summed E-state index contributed by atoms with van der Waals surface area (Å²) in [6.45, 7) is 6.40. The average Bonchev–Trinajstić information content (AvgIpc) is 3.46. The summed E-state index contributed by atoms with van der Waals surface area (Å²) in [7, 11) is 0. The van der Waals surface area contributed by atoms with Crippen molar-refractivity contribution < 1.29 is 28.6 Å². The molecule has 80 heavy (non-hydrogen) atoms. The number of rotatable bonds is 59. The molecule has 1 atom stereocenters. The van der Waals surface area contributed by atoms with Crippen molar-refractivity contribution in [2.45, 2.75) is 303 Å². The van der Waals surface area contributed by atoms with Crippen LogP contribution in [0.3, 0.4) is 0 Å². The zero-order valence-electron chi connectivity index (χ0n) is 52.0. The third-order valence-corrected chi connectivity index (χ3v) is 13.8. The molecule has 454 valence electrons. The molecule has 0 radical (unpaired) electrons. The van der Waals surface area contributed by atoms with E-state index in [1.54, 1.807) is 0 Å². The van der Waals surface area contributed by atoms with E-state index in [0.717, 1.165) is 161 Å². The lowest BCUT2D eigenvalue weighted by Gasteiger charge is -2.18. The van der Waals surface area contributed by atoms with Crippen LogP contribution in [0.15, 0.2) is 134 Å². The average molecular weight is 1110 g/mol. The van der Waals surface area contributed by atoms with E-state index in [1.807, 2.05) is 0 Å². The summed E-state index contributed by atoms with van der Waals surface area (Å²) in [6.07, 6.45) is 94.7. The van der Waals surface area contributed by atoms with Gasteiger partial charge in [0, 0.05) is 19.3 Å². The topological polar surface area (TPSA) is 78.9 Å². The molecule has 0 spiro atoms. The van der Waals surface area contributed by atoms with Crippen molar-refractivity contribution >= 4 is 17.9 Å². The van der Waals surface area contributed by atoms with Gasteiger partial charge in [0.2, 0.25) is 0 Å². The Hall–Kier alpha value is -4.45. The normalized spacial score (nSPS) is 13.0. The minimum Gasteiger partial charge on any atom is -0.462 e. The summed E-state index contributed by atoms with van der Waals surface area (Å²) < 4.78 is 16.9. The molecule has 0 saturated carbocycles. The van der Waals surface area contributed by atoms with Crippen LogP contribution in [-0.2, 0) is 28.6 Å². The van der Waals surface area contributed by atoms with Gasteiger partial charge >= 0.3 is 17.9 Å².